The number of fused-ring (bicyclic) bond motifs is 1. The number of para-hydroxylation sites is 1. The van der Waals surface area contributed by atoms with Gasteiger partial charge < -0.3 is 10.4 Å². The Labute approximate surface area is 133 Å². The monoisotopic (exact) mass is 324 g/mol. The highest BCUT2D eigenvalue weighted by molar-refractivity contribution is 8.01. The van der Waals surface area contributed by atoms with Crippen LogP contribution in [-0.2, 0) is 4.79 Å². The molecule has 0 aliphatic heterocycles. The molecular formula is C15H20N2O2S2. The summed E-state index contributed by atoms with van der Waals surface area (Å²) in [7, 11) is 0. The molecule has 6 heteroatoms. The van der Waals surface area contributed by atoms with Gasteiger partial charge in [-0.15, -0.1) is 11.3 Å². The predicted octanol–water partition coefficient (Wildman–Crippen LogP) is 3.06. The van der Waals surface area contributed by atoms with Gasteiger partial charge in [0.1, 0.15) is 0 Å². The Kier molecular flexibility index (Phi) is 5.61. The zero-order valence-electron chi connectivity index (χ0n) is 12.3. The van der Waals surface area contributed by atoms with Gasteiger partial charge in [0.05, 0.1) is 21.6 Å². The van der Waals surface area contributed by atoms with Crippen LogP contribution >= 0.6 is 23.1 Å². The van der Waals surface area contributed by atoms with Crippen LogP contribution in [0.2, 0.25) is 0 Å². The molecule has 21 heavy (non-hydrogen) atoms. The van der Waals surface area contributed by atoms with Gasteiger partial charge in [-0.3, -0.25) is 4.79 Å². The van der Waals surface area contributed by atoms with Crippen LogP contribution in [0.3, 0.4) is 0 Å². The summed E-state index contributed by atoms with van der Waals surface area (Å²) in [5.41, 5.74) is 0.174. The Bertz CT molecular complexity index is 575. The molecule has 0 spiro atoms. The average Bonchev–Trinajstić information content (AvgIpc) is 2.93. The first kappa shape index (κ1) is 16.3. The van der Waals surface area contributed by atoms with E-state index in [1.54, 1.807) is 11.3 Å². The Morgan fingerprint density at radius 2 is 2.10 bits per heavy atom. The summed E-state index contributed by atoms with van der Waals surface area (Å²) in [4.78, 5) is 16.3. The summed E-state index contributed by atoms with van der Waals surface area (Å²) in [6.07, 6.45) is 1.27. The number of hydrogen-bond donors (Lipinski definition) is 2. The second-order valence-electron chi connectivity index (χ2n) is 4.94. The predicted molar refractivity (Wildman–Crippen MR) is 88.9 cm³/mol. The van der Waals surface area contributed by atoms with Crippen LogP contribution in [0, 0.1) is 0 Å². The van der Waals surface area contributed by atoms with E-state index in [-0.39, 0.29) is 5.91 Å². The molecule has 1 aromatic heterocycles. The maximum atomic E-state index is 11.8. The van der Waals surface area contributed by atoms with E-state index in [0.717, 1.165) is 14.6 Å². The number of aromatic nitrogens is 1. The van der Waals surface area contributed by atoms with Crippen LogP contribution in [0.1, 0.15) is 26.7 Å². The summed E-state index contributed by atoms with van der Waals surface area (Å²) in [6, 6.07) is 7.94. The Morgan fingerprint density at radius 1 is 1.38 bits per heavy atom. The molecule has 0 atom stereocenters. The quantitative estimate of drug-likeness (QED) is 0.769. The van der Waals surface area contributed by atoms with Crippen LogP contribution < -0.4 is 5.32 Å². The molecule has 1 aromatic carbocycles. The minimum Gasteiger partial charge on any atom is -0.388 e. The number of carbonyl (C=O) groups is 1. The molecule has 0 fully saturated rings. The van der Waals surface area contributed by atoms with Crippen molar-refractivity contribution >= 4 is 39.2 Å². The van der Waals surface area contributed by atoms with Crippen molar-refractivity contribution in [2.45, 2.75) is 36.6 Å². The Hall–Kier alpha value is -1.11. The molecule has 4 nitrogen and oxygen atoms in total. The summed E-state index contributed by atoms with van der Waals surface area (Å²) < 4.78 is 2.03. The molecule has 2 N–H and O–H groups in total. The highest BCUT2D eigenvalue weighted by atomic mass is 32.2. The fourth-order valence-corrected chi connectivity index (χ4v) is 3.75. The van der Waals surface area contributed by atoms with Gasteiger partial charge in [-0.2, -0.15) is 0 Å². The van der Waals surface area contributed by atoms with Crippen LogP contribution in [0.4, 0.5) is 0 Å². The van der Waals surface area contributed by atoms with E-state index in [9.17, 15) is 9.90 Å². The lowest BCUT2D eigenvalue weighted by atomic mass is 9.98. The third kappa shape index (κ3) is 4.43. The van der Waals surface area contributed by atoms with Gasteiger partial charge in [0.15, 0.2) is 4.34 Å². The smallest absolute Gasteiger partial charge is 0.230 e. The van der Waals surface area contributed by atoms with Crippen molar-refractivity contribution in [1.29, 1.82) is 0 Å². The molecule has 0 bridgehead atoms. The number of thioether (sulfide) groups is 1. The summed E-state index contributed by atoms with van der Waals surface area (Å²) in [5, 5.41) is 12.9. The minimum atomic E-state index is -0.795. The van der Waals surface area contributed by atoms with Crippen LogP contribution in [0.25, 0.3) is 10.2 Å². The van der Waals surface area contributed by atoms with Gasteiger partial charge >= 0.3 is 0 Å². The van der Waals surface area contributed by atoms with Crippen LogP contribution in [0.15, 0.2) is 28.6 Å². The molecule has 114 valence electrons. The van der Waals surface area contributed by atoms with Crippen molar-refractivity contribution in [3.05, 3.63) is 24.3 Å². The lowest BCUT2D eigenvalue weighted by Gasteiger charge is -2.25. The molecule has 1 amide bonds. The van der Waals surface area contributed by atoms with Gasteiger partial charge in [-0.25, -0.2) is 4.98 Å². The number of nitrogens with zero attached hydrogens (tertiary/aromatic N) is 1. The highest BCUT2D eigenvalue weighted by Crippen LogP contribution is 2.29. The minimum absolute atomic E-state index is 0.0698. The number of carbonyl (C=O) groups excluding carboxylic acids is 1. The Balaban J connectivity index is 1.83. The number of hydrogen-bond acceptors (Lipinski definition) is 5. The van der Waals surface area contributed by atoms with E-state index in [0.29, 0.717) is 25.1 Å². The van der Waals surface area contributed by atoms with Crippen molar-refractivity contribution in [3.8, 4) is 0 Å². The van der Waals surface area contributed by atoms with Gasteiger partial charge in [-0.1, -0.05) is 37.7 Å². The number of aliphatic hydroxyl groups is 1. The van der Waals surface area contributed by atoms with Gasteiger partial charge in [0, 0.05) is 6.54 Å². The average molecular weight is 324 g/mol. The first-order valence-electron chi connectivity index (χ1n) is 7.04. The molecule has 0 unspecified atom stereocenters. The van der Waals surface area contributed by atoms with E-state index < -0.39 is 5.60 Å². The lowest BCUT2D eigenvalue weighted by molar-refractivity contribution is -0.119. The lowest BCUT2D eigenvalue weighted by Crippen LogP contribution is -2.42. The largest absolute Gasteiger partial charge is 0.388 e. The van der Waals surface area contributed by atoms with Crippen molar-refractivity contribution in [3.63, 3.8) is 0 Å². The molecule has 0 radical (unpaired) electrons. The fraction of sp³-hybridized carbons (Fsp3) is 0.467. The standard InChI is InChI=1S/C15H20N2O2S2/c1-3-15(19,4-2)10-16-13(18)9-20-14-17-11-7-5-6-8-12(11)21-14/h5-8,19H,3-4,9-10H2,1-2H3,(H,16,18). The normalized spacial score (nSPS) is 11.8. The van der Waals surface area contributed by atoms with Gasteiger partial charge in [-0.05, 0) is 25.0 Å². The maximum absolute atomic E-state index is 11.8. The molecular weight excluding hydrogens is 304 g/mol. The first-order valence-corrected chi connectivity index (χ1v) is 8.84. The molecule has 0 aliphatic rings. The summed E-state index contributed by atoms with van der Waals surface area (Å²) in [5.74, 6) is 0.253. The van der Waals surface area contributed by atoms with Crippen LogP contribution in [-0.4, -0.2) is 33.9 Å². The number of nitrogens with one attached hydrogen (secondary N) is 1. The van der Waals surface area contributed by atoms with Crippen molar-refractivity contribution < 1.29 is 9.90 Å². The molecule has 2 rings (SSSR count). The number of benzene rings is 1. The third-order valence-electron chi connectivity index (χ3n) is 3.53. The summed E-state index contributed by atoms with van der Waals surface area (Å²) >= 11 is 3.03. The van der Waals surface area contributed by atoms with Gasteiger partial charge in [0.2, 0.25) is 5.91 Å². The molecule has 0 saturated heterocycles. The van der Waals surface area contributed by atoms with E-state index in [2.05, 4.69) is 10.3 Å². The number of thiazole rings is 1. The topological polar surface area (TPSA) is 62.2 Å². The number of rotatable bonds is 7. The highest BCUT2D eigenvalue weighted by Gasteiger charge is 2.22. The zero-order chi connectivity index (χ0) is 15.3. The van der Waals surface area contributed by atoms with E-state index in [4.69, 9.17) is 0 Å². The Morgan fingerprint density at radius 3 is 2.76 bits per heavy atom. The third-order valence-corrected chi connectivity index (χ3v) is 5.71. The number of amides is 1. The second-order valence-corrected chi connectivity index (χ2v) is 7.20. The van der Waals surface area contributed by atoms with E-state index >= 15 is 0 Å². The zero-order valence-corrected chi connectivity index (χ0v) is 13.9. The molecule has 0 aliphatic carbocycles. The van der Waals surface area contributed by atoms with Crippen molar-refractivity contribution in [1.82, 2.24) is 10.3 Å². The molecule has 2 aromatic rings. The van der Waals surface area contributed by atoms with Crippen molar-refractivity contribution in [2.24, 2.45) is 0 Å². The first-order chi connectivity index (χ1) is 10.1. The summed E-state index contributed by atoms with van der Waals surface area (Å²) in [6.45, 7) is 4.15. The second kappa shape index (κ2) is 7.24. The SMILES string of the molecule is CCC(O)(CC)CNC(=O)CSc1nc2ccccc2s1. The van der Waals surface area contributed by atoms with E-state index in [1.165, 1.54) is 11.8 Å². The molecule has 0 saturated carbocycles. The van der Waals surface area contributed by atoms with Gasteiger partial charge in [0.25, 0.3) is 0 Å². The van der Waals surface area contributed by atoms with Crippen molar-refractivity contribution in [2.75, 3.05) is 12.3 Å². The van der Waals surface area contributed by atoms with E-state index in [1.807, 2.05) is 38.1 Å². The molecule has 1 heterocycles. The maximum Gasteiger partial charge on any atom is 0.230 e. The van der Waals surface area contributed by atoms with Crippen LogP contribution in [0.5, 0.6) is 0 Å². The fourth-order valence-electron chi connectivity index (χ4n) is 1.85.